The van der Waals surface area contributed by atoms with E-state index in [2.05, 4.69) is 0 Å². The van der Waals surface area contributed by atoms with Gasteiger partial charge >= 0.3 is 12.4 Å². The van der Waals surface area contributed by atoms with Gasteiger partial charge in [0.1, 0.15) is 0 Å². The summed E-state index contributed by atoms with van der Waals surface area (Å²) in [6.07, 6.45) is -7.51. The van der Waals surface area contributed by atoms with Crippen LogP contribution in [0.4, 0.5) is 26.3 Å². The Morgan fingerprint density at radius 1 is 0.619 bits per heavy atom. The summed E-state index contributed by atoms with van der Waals surface area (Å²) < 4.78 is 74.8. The van der Waals surface area contributed by atoms with Crippen LogP contribution < -0.4 is 0 Å². The smallest absolute Gasteiger partial charge is 0.166 e. The van der Waals surface area contributed by atoms with Crippen LogP contribution in [-0.2, 0) is 12.4 Å². The van der Waals surface area contributed by atoms with E-state index >= 15 is 0 Å². The SMILES string of the molecule is FC(F)(F)c1ccc([CH]c2cccc(C(F)(F)F)c2)cc1. The molecule has 2 aromatic carbocycles. The molecule has 0 amide bonds. The maximum Gasteiger partial charge on any atom is 0.416 e. The lowest BCUT2D eigenvalue weighted by Crippen LogP contribution is -2.05. The van der Waals surface area contributed by atoms with E-state index in [1.165, 1.54) is 30.7 Å². The summed E-state index contributed by atoms with van der Waals surface area (Å²) in [6, 6.07) is 8.78. The molecule has 0 saturated heterocycles. The third-order valence-corrected chi connectivity index (χ3v) is 2.79. The molecule has 2 aromatic rings. The molecule has 0 fully saturated rings. The molecular formula is C15H9F6. The molecule has 0 unspecified atom stereocenters. The number of hydrogen-bond donors (Lipinski definition) is 0. The Morgan fingerprint density at radius 3 is 1.71 bits per heavy atom. The van der Waals surface area contributed by atoms with E-state index in [0.717, 1.165) is 24.3 Å². The third-order valence-electron chi connectivity index (χ3n) is 2.79. The van der Waals surface area contributed by atoms with Crippen molar-refractivity contribution in [3.05, 3.63) is 77.2 Å². The monoisotopic (exact) mass is 303 g/mol. The second-order valence-corrected chi connectivity index (χ2v) is 4.39. The number of rotatable bonds is 2. The van der Waals surface area contributed by atoms with E-state index in [-0.39, 0.29) is 5.56 Å². The van der Waals surface area contributed by atoms with Gasteiger partial charge in [-0.3, -0.25) is 0 Å². The first-order valence-corrected chi connectivity index (χ1v) is 5.85. The van der Waals surface area contributed by atoms with Gasteiger partial charge in [0.05, 0.1) is 11.1 Å². The van der Waals surface area contributed by atoms with Crippen LogP contribution in [-0.4, -0.2) is 0 Å². The molecule has 0 N–H and O–H groups in total. The van der Waals surface area contributed by atoms with Crippen molar-refractivity contribution in [2.45, 2.75) is 12.4 Å². The first-order valence-electron chi connectivity index (χ1n) is 5.85. The van der Waals surface area contributed by atoms with Crippen LogP contribution in [0.25, 0.3) is 0 Å². The van der Waals surface area contributed by atoms with Crippen LogP contribution in [0, 0.1) is 6.42 Å². The molecule has 0 heterocycles. The fourth-order valence-corrected chi connectivity index (χ4v) is 1.77. The summed E-state index contributed by atoms with van der Waals surface area (Å²) in [7, 11) is 0. The van der Waals surface area contributed by atoms with Crippen molar-refractivity contribution in [2.24, 2.45) is 0 Å². The summed E-state index contributed by atoms with van der Waals surface area (Å²) in [5, 5.41) is 0. The first-order chi connectivity index (χ1) is 9.66. The Bertz CT molecular complexity index is 607. The highest BCUT2D eigenvalue weighted by Crippen LogP contribution is 2.31. The van der Waals surface area contributed by atoms with E-state index < -0.39 is 23.5 Å². The highest BCUT2D eigenvalue weighted by molar-refractivity contribution is 5.40. The molecule has 111 valence electrons. The minimum absolute atomic E-state index is 0.268. The predicted molar refractivity (Wildman–Crippen MR) is 65.4 cm³/mol. The Morgan fingerprint density at radius 2 is 1.19 bits per heavy atom. The minimum atomic E-state index is -4.45. The topological polar surface area (TPSA) is 0 Å². The highest BCUT2D eigenvalue weighted by atomic mass is 19.4. The van der Waals surface area contributed by atoms with Gasteiger partial charge in [-0.25, -0.2) is 0 Å². The molecule has 0 aliphatic rings. The third kappa shape index (κ3) is 4.00. The molecule has 2 rings (SSSR count). The van der Waals surface area contributed by atoms with Crippen LogP contribution in [0.2, 0.25) is 0 Å². The van der Waals surface area contributed by atoms with Crippen molar-refractivity contribution in [1.82, 2.24) is 0 Å². The highest BCUT2D eigenvalue weighted by Gasteiger charge is 2.31. The molecule has 0 aliphatic carbocycles. The molecule has 0 saturated carbocycles. The van der Waals surface area contributed by atoms with Crippen molar-refractivity contribution >= 4 is 0 Å². The standard InChI is InChI=1S/C15H9F6/c16-14(17,18)12-6-4-10(5-7-12)8-11-2-1-3-13(9-11)15(19,20)21/h1-9H. The van der Waals surface area contributed by atoms with E-state index in [4.69, 9.17) is 0 Å². The maximum atomic E-state index is 12.6. The first kappa shape index (κ1) is 15.4. The van der Waals surface area contributed by atoms with Gasteiger partial charge in [0.15, 0.2) is 0 Å². The summed E-state index contributed by atoms with van der Waals surface area (Å²) in [4.78, 5) is 0. The zero-order chi connectivity index (χ0) is 15.7. The Labute approximate surface area is 117 Å². The van der Waals surface area contributed by atoms with Gasteiger partial charge in [-0.2, -0.15) is 26.3 Å². The van der Waals surface area contributed by atoms with Gasteiger partial charge in [0, 0.05) is 6.42 Å². The lowest BCUT2D eigenvalue weighted by Gasteiger charge is -2.10. The van der Waals surface area contributed by atoms with Gasteiger partial charge in [0.2, 0.25) is 0 Å². The fourth-order valence-electron chi connectivity index (χ4n) is 1.77. The largest absolute Gasteiger partial charge is 0.416 e. The lowest BCUT2D eigenvalue weighted by molar-refractivity contribution is -0.138. The quantitative estimate of drug-likeness (QED) is 0.658. The van der Waals surface area contributed by atoms with Gasteiger partial charge < -0.3 is 0 Å². The van der Waals surface area contributed by atoms with Crippen LogP contribution >= 0.6 is 0 Å². The van der Waals surface area contributed by atoms with Crippen molar-refractivity contribution in [3.8, 4) is 0 Å². The van der Waals surface area contributed by atoms with Gasteiger partial charge in [-0.15, -0.1) is 0 Å². The summed E-state index contributed by atoms with van der Waals surface area (Å²) >= 11 is 0. The second kappa shape index (κ2) is 5.42. The van der Waals surface area contributed by atoms with Gasteiger partial charge in [-0.05, 0) is 29.3 Å². The van der Waals surface area contributed by atoms with E-state index in [0.29, 0.717) is 5.56 Å². The number of benzene rings is 2. The molecule has 0 atom stereocenters. The summed E-state index contributed by atoms with van der Waals surface area (Å²) in [5.41, 5.74) is -0.946. The minimum Gasteiger partial charge on any atom is -0.166 e. The molecule has 0 bridgehead atoms. The predicted octanol–water partition coefficient (Wildman–Crippen LogP) is 5.32. The van der Waals surface area contributed by atoms with Crippen LogP contribution in [0.15, 0.2) is 48.5 Å². The van der Waals surface area contributed by atoms with Crippen LogP contribution in [0.5, 0.6) is 0 Å². The van der Waals surface area contributed by atoms with E-state index in [1.54, 1.807) is 0 Å². The molecule has 6 heteroatoms. The number of hydrogen-bond acceptors (Lipinski definition) is 0. The number of alkyl halides is 6. The Hall–Kier alpha value is -1.98. The normalized spacial score (nSPS) is 12.5. The summed E-state index contributed by atoms with van der Waals surface area (Å²) in [5.74, 6) is 0. The Balaban J connectivity index is 2.19. The maximum absolute atomic E-state index is 12.6. The second-order valence-electron chi connectivity index (χ2n) is 4.39. The zero-order valence-electron chi connectivity index (χ0n) is 10.5. The van der Waals surface area contributed by atoms with Crippen LogP contribution in [0.1, 0.15) is 22.3 Å². The fraction of sp³-hybridized carbons (Fsp3) is 0.133. The van der Waals surface area contributed by atoms with Crippen LogP contribution in [0.3, 0.4) is 0 Å². The van der Waals surface area contributed by atoms with Crippen molar-refractivity contribution in [2.75, 3.05) is 0 Å². The average Bonchev–Trinajstić information content (AvgIpc) is 2.37. The van der Waals surface area contributed by atoms with Gasteiger partial charge in [0.25, 0.3) is 0 Å². The molecule has 0 aliphatic heterocycles. The molecule has 0 nitrogen and oxygen atoms in total. The lowest BCUT2D eigenvalue weighted by atomic mass is 10.0. The van der Waals surface area contributed by atoms with Crippen molar-refractivity contribution < 1.29 is 26.3 Å². The molecule has 21 heavy (non-hydrogen) atoms. The Kier molecular flexibility index (Phi) is 3.98. The van der Waals surface area contributed by atoms with E-state index in [9.17, 15) is 26.3 Å². The zero-order valence-corrected chi connectivity index (χ0v) is 10.5. The summed E-state index contributed by atoms with van der Waals surface area (Å²) in [6.45, 7) is 0. The molecule has 1 radical (unpaired) electrons. The average molecular weight is 303 g/mol. The molecule has 0 aromatic heterocycles. The molecule has 0 spiro atoms. The van der Waals surface area contributed by atoms with Crippen molar-refractivity contribution in [1.29, 1.82) is 0 Å². The van der Waals surface area contributed by atoms with Crippen molar-refractivity contribution in [3.63, 3.8) is 0 Å². The number of halogens is 6. The molecular weight excluding hydrogens is 294 g/mol. The van der Waals surface area contributed by atoms with Gasteiger partial charge in [-0.1, -0.05) is 30.3 Å². The van der Waals surface area contributed by atoms with E-state index in [1.807, 2.05) is 0 Å².